The Hall–Kier alpha value is -6.24. The first kappa shape index (κ1) is 38.5. The number of carbonyl (C=O) groups is 2. The average molecular weight is 751 g/mol. The summed E-state index contributed by atoms with van der Waals surface area (Å²) in [4.78, 5) is 24.8. The number of phenols is 4. The number of rotatable bonds is 16. The monoisotopic (exact) mass is 750 g/mol. The molecule has 6 rings (SSSR count). The highest BCUT2D eigenvalue weighted by atomic mass is 16.6. The van der Waals surface area contributed by atoms with Gasteiger partial charge in [-0.2, -0.15) is 0 Å². The first-order valence-electron chi connectivity index (χ1n) is 17.8. The summed E-state index contributed by atoms with van der Waals surface area (Å²) in [5.74, 6) is -1.49. The summed E-state index contributed by atoms with van der Waals surface area (Å²) < 4.78 is 22.9. The Kier molecular flexibility index (Phi) is 12.4. The quantitative estimate of drug-likeness (QED) is 0.0567. The number of allylic oxidation sites excluding steroid dienone is 1. The Morgan fingerprint density at radius 2 is 1.18 bits per heavy atom. The average Bonchev–Trinajstić information content (AvgIpc) is 3.18. The summed E-state index contributed by atoms with van der Waals surface area (Å²) in [6.07, 6.45) is 3.65. The second kappa shape index (κ2) is 17.7. The van der Waals surface area contributed by atoms with Crippen molar-refractivity contribution in [1.82, 2.24) is 0 Å². The van der Waals surface area contributed by atoms with Crippen molar-refractivity contribution in [1.29, 1.82) is 0 Å². The van der Waals surface area contributed by atoms with Crippen molar-refractivity contribution in [2.45, 2.75) is 44.3 Å². The van der Waals surface area contributed by atoms with Gasteiger partial charge in [0.1, 0.15) is 50.1 Å². The van der Waals surface area contributed by atoms with Crippen LogP contribution in [-0.2, 0) is 44.7 Å². The lowest BCUT2D eigenvalue weighted by atomic mass is 9.88. The Labute approximate surface area is 317 Å². The molecule has 2 unspecified atom stereocenters. The summed E-state index contributed by atoms with van der Waals surface area (Å²) >= 11 is 0. The number of aromatic hydroxyl groups is 4. The van der Waals surface area contributed by atoms with Crippen LogP contribution in [0, 0.1) is 0 Å². The van der Waals surface area contributed by atoms with Gasteiger partial charge in [0.2, 0.25) is 0 Å². The van der Waals surface area contributed by atoms with Crippen molar-refractivity contribution in [3.05, 3.63) is 124 Å². The van der Waals surface area contributed by atoms with Gasteiger partial charge >= 0.3 is 11.9 Å². The van der Waals surface area contributed by atoms with E-state index in [1.165, 1.54) is 36.4 Å². The van der Waals surface area contributed by atoms with Crippen LogP contribution in [0.4, 0.5) is 0 Å². The number of carbonyl (C=O) groups excluding carboxylic acids is 2. The molecule has 1 aliphatic rings. The van der Waals surface area contributed by atoms with E-state index >= 15 is 0 Å². The Morgan fingerprint density at radius 1 is 0.618 bits per heavy atom. The number of aryl methyl sites for hydroxylation is 1. The number of aliphatic hydroxyl groups is 2. The number of benzene rings is 5. The highest BCUT2D eigenvalue weighted by Crippen LogP contribution is 2.37. The van der Waals surface area contributed by atoms with Crippen LogP contribution in [0.1, 0.15) is 39.8 Å². The molecule has 0 aliphatic heterocycles. The number of ether oxygens (including phenoxy) is 4. The van der Waals surface area contributed by atoms with E-state index in [1.54, 1.807) is 0 Å². The van der Waals surface area contributed by atoms with E-state index in [0.29, 0.717) is 29.0 Å². The van der Waals surface area contributed by atoms with Crippen LogP contribution in [0.2, 0.25) is 0 Å². The third-order valence-electron chi connectivity index (χ3n) is 9.13. The van der Waals surface area contributed by atoms with Crippen molar-refractivity contribution >= 4 is 28.8 Å². The van der Waals surface area contributed by atoms with E-state index < -0.39 is 24.1 Å². The van der Waals surface area contributed by atoms with Gasteiger partial charge in [-0.1, -0.05) is 60.7 Å². The van der Waals surface area contributed by atoms with Gasteiger partial charge in [-0.3, -0.25) is 9.59 Å². The molecule has 0 amide bonds. The fraction of sp³-hybridized carbons (Fsp3) is 0.256. The SMILES string of the molecule is O=C(Cc1ccc(O)c(O)c1)OCC(O)COc1ccc2c(c1Cc1c(OCC(O)COC(=O)Cc3ccc(O)c(O)c3)ccc3ccccc13)C=CCC2. The fourth-order valence-corrected chi connectivity index (χ4v) is 6.33. The van der Waals surface area contributed by atoms with Gasteiger partial charge in [0.25, 0.3) is 0 Å². The zero-order valence-corrected chi connectivity index (χ0v) is 29.9. The van der Waals surface area contributed by atoms with Gasteiger partial charge < -0.3 is 49.6 Å². The number of hydrogen-bond acceptors (Lipinski definition) is 12. The maximum absolute atomic E-state index is 12.4. The normalized spacial score (nSPS) is 13.1. The van der Waals surface area contributed by atoms with Gasteiger partial charge in [0, 0.05) is 17.5 Å². The number of esters is 2. The molecule has 12 nitrogen and oxygen atoms in total. The molecule has 2 atom stereocenters. The van der Waals surface area contributed by atoms with Gasteiger partial charge in [-0.05, 0) is 82.3 Å². The minimum atomic E-state index is -1.15. The van der Waals surface area contributed by atoms with Gasteiger partial charge in [-0.15, -0.1) is 0 Å². The van der Waals surface area contributed by atoms with Gasteiger partial charge in [0.05, 0.1) is 12.8 Å². The van der Waals surface area contributed by atoms with Crippen LogP contribution in [-0.4, -0.2) is 81.2 Å². The molecule has 0 aromatic heterocycles. The van der Waals surface area contributed by atoms with E-state index in [-0.39, 0.29) is 62.3 Å². The Bertz CT molecular complexity index is 2190. The molecular weight excluding hydrogens is 708 g/mol. The van der Waals surface area contributed by atoms with Crippen LogP contribution in [0.3, 0.4) is 0 Å². The minimum Gasteiger partial charge on any atom is -0.504 e. The Balaban J connectivity index is 1.13. The lowest BCUT2D eigenvalue weighted by molar-refractivity contribution is -0.147. The predicted octanol–water partition coefficient (Wildman–Crippen LogP) is 5.26. The molecule has 0 fully saturated rings. The maximum Gasteiger partial charge on any atom is 0.310 e. The molecule has 0 saturated heterocycles. The molecule has 5 aromatic rings. The zero-order valence-electron chi connectivity index (χ0n) is 29.9. The van der Waals surface area contributed by atoms with E-state index in [9.17, 15) is 40.2 Å². The summed E-state index contributed by atoms with van der Waals surface area (Å²) in [5, 5.41) is 61.7. The number of phenolic OH excluding ortho intramolecular Hbond substituents is 4. The summed E-state index contributed by atoms with van der Waals surface area (Å²) in [6, 6.07) is 23.5. The second-order valence-corrected chi connectivity index (χ2v) is 13.3. The second-order valence-electron chi connectivity index (χ2n) is 13.3. The molecule has 286 valence electrons. The highest BCUT2D eigenvalue weighted by molar-refractivity contribution is 5.88. The molecule has 5 aromatic carbocycles. The van der Waals surface area contributed by atoms with Crippen LogP contribution in [0.25, 0.3) is 16.8 Å². The topological polar surface area (TPSA) is 192 Å². The molecule has 1 aliphatic carbocycles. The number of fused-ring (bicyclic) bond motifs is 2. The van der Waals surface area contributed by atoms with E-state index in [1.807, 2.05) is 48.5 Å². The lowest BCUT2D eigenvalue weighted by Crippen LogP contribution is -2.26. The van der Waals surface area contributed by atoms with E-state index in [2.05, 4.69) is 12.2 Å². The van der Waals surface area contributed by atoms with Gasteiger partial charge in [0.15, 0.2) is 23.0 Å². The third-order valence-corrected chi connectivity index (χ3v) is 9.13. The summed E-state index contributed by atoms with van der Waals surface area (Å²) in [5.41, 5.74) is 4.71. The molecule has 55 heavy (non-hydrogen) atoms. The molecule has 0 spiro atoms. The summed E-state index contributed by atoms with van der Waals surface area (Å²) in [6.45, 7) is -0.977. The molecule has 0 heterocycles. The van der Waals surface area contributed by atoms with Crippen LogP contribution in [0.15, 0.2) is 91.0 Å². The fourth-order valence-electron chi connectivity index (χ4n) is 6.33. The number of aliphatic hydroxyl groups excluding tert-OH is 2. The Morgan fingerprint density at radius 3 is 1.78 bits per heavy atom. The summed E-state index contributed by atoms with van der Waals surface area (Å²) in [7, 11) is 0. The third kappa shape index (κ3) is 10.0. The van der Waals surface area contributed by atoms with Crippen LogP contribution >= 0.6 is 0 Å². The highest BCUT2D eigenvalue weighted by Gasteiger charge is 2.21. The minimum absolute atomic E-state index is 0.159. The molecular formula is C43H42O12. The first-order chi connectivity index (χ1) is 26.5. The van der Waals surface area contributed by atoms with Gasteiger partial charge in [-0.25, -0.2) is 0 Å². The maximum atomic E-state index is 12.4. The largest absolute Gasteiger partial charge is 0.504 e. The van der Waals surface area contributed by atoms with Crippen molar-refractivity contribution in [2.75, 3.05) is 26.4 Å². The van der Waals surface area contributed by atoms with E-state index in [4.69, 9.17) is 18.9 Å². The molecule has 6 N–H and O–H groups in total. The zero-order chi connectivity index (χ0) is 38.9. The van der Waals surface area contributed by atoms with Crippen molar-refractivity contribution < 1.29 is 59.2 Å². The number of hydrogen-bond donors (Lipinski definition) is 6. The van der Waals surface area contributed by atoms with Crippen LogP contribution in [0.5, 0.6) is 34.5 Å². The van der Waals surface area contributed by atoms with Crippen molar-refractivity contribution in [3.8, 4) is 34.5 Å². The molecule has 12 heteroatoms. The van der Waals surface area contributed by atoms with Crippen molar-refractivity contribution in [2.24, 2.45) is 0 Å². The standard InChI is InChI=1S/C43H42O12/c44-30(24-54-42(50)19-26-9-13-36(46)38(48)17-26)22-52-40-15-11-28-5-1-3-7-32(28)34(40)21-35-33-8-4-2-6-29(33)12-16-41(35)53-23-31(45)25-55-43(51)20-27-10-14-37(47)39(49)18-27/h1,3-5,7-18,30-31,44-49H,2,6,19-25H2. The lowest BCUT2D eigenvalue weighted by Gasteiger charge is -2.22. The molecule has 0 radical (unpaired) electrons. The first-order valence-corrected chi connectivity index (χ1v) is 17.8. The molecule has 0 saturated carbocycles. The molecule has 0 bridgehead atoms. The van der Waals surface area contributed by atoms with Crippen LogP contribution < -0.4 is 9.47 Å². The smallest absolute Gasteiger partial charge is 0.310 e. The van der Waals surface area contributed by atoms with Crippen molar-refractivity contribution in [3.63, 3.8) is 0 Å². The van der Waals surface area contributed by atoms with E-state index in [0.717, 1.165) is 45.9 Å². The predicted molar refractivity (Wildman–Crippen MR) is 202 cm³/mol.